The van der Waals surface area contributed by atoms with Gasteiger partial charge in [0.1, 0.15) is 62.9 Å². The first-order chi connectivity index (χ1) is 26.1. The summed E-state index contributed by atoms with van der Waals surface area (Å²) in [6.45, 7) is 0. The monoisotopic (exact) mass is 966 g/mol. The van der Waals surface area contributed by atoms with Gasteiger partial charge in [-0.3, -0.25) is 9.97 Å². The van der Waals surface area contributed by atoms with Gasteiger partial charge in [0, 0.05) is 23.2 Å². The molecule has 0 amide bonds. The molecule has 0 saturated heterocycles. The molecule has 0 saturated carbocycles. The molecule has 0 unspecified atom stereocenters. The molecule has 6 aromatic rings. The third-order valence-corrected chi connectivity index (χ3v) is 11.2. The van der Waals surface area contributed by atoms with Crippen LogP contribution >= 0.6 is 0 Å². The quantitative estimate of drug-likeness (QED) is 0.0805. The number of aromatic nitrogens is 2. The number of fused-ring (bicyclic) bond motifs is 2. The number of hydrogen-bond donors (Lipinski definition) is 2. The van der Waals surface area contributed by atoms with Gasteiger partial charge in [-0.1, -0.05) is 24.3 Å². The molecule has 6 rings (SSSR count). The molecule has 0 aliphatic rings. The van der Waals surface area contributed by atoms with Crippen LogP contribution in [0.4, 0.5) is 22.7 Å². The molecule has 26 heteroatoms. The van der Waals surface area contributed by atoms with Gasteiger partial charge in [0.25, 0.3) is 0 Å². The summed E-state index contributed by atoms with van der Waals surface area (Å²) in [5.74, 6) is -1.34. The number of phenols is 2. The molecule has 4 aromatic carbocycles. The number of nitrogens with zero attached hydrogens (tertiary/aromatic N) is 6. The van der Waals surface area contributed by atoms with Crippen LogP contribution in [0, 0.1) is 0 Å². The van der Waals surface area contributed by atoms with Crippen molar-refractivity contribution in [2.45, 2.75) is 19.6 Å². The van der Waals surface area contributed by atoms with Crippen molar-refractivity contribution in [2.75, 3.05) is 0 Å². The second kappa shape index (κ2) is 17.2. The van der Waals surface area contributed by atoms with Gasteiger partial charge >= 0.3 is 39.0 Å². The van der Waals surface area contributed by atoms with Crippen molar-refractivity contribution >= 4 is 97.2 Å². The molecule has 0 bridgehead atoms. The van der Waals surface area contributed by atoms with E-state index in [0.29, 0.717) is 0 Å². The van der Waals surface area contributed by atoms with Crippen LogP contribution in [-0.2, 0) is 79.4 Å². The van der Waals surface area contributed by atoms with Crippen molar-refractivity contribution in [3.63, 3.8) is 0 Å². The van der Waals surface area contributed by atoms with Gasteiger partial charge < -0.3 is 28.4 Å². The summed E-state index contributed by atoms with van der Waals surface area (Å²) in [5.41, 5.74) is -2.94. The molecule has 0 aliphatic heterocycles. The van der Waals surface area contributed by atoms with Gasteiger partial charge in [0.05, 0.1) is 31.0 Å². The van der Waals surface area contributed by atoms with Crippen LogP contribution < -0.4 is 0 Å². The van der Waals surface area contributed by atoms with E-state index in [0.717, 1.165) is 60.7 Å². The van der Waals surface area contributed by atoms with E-state index in [2.05, 4.69) is 30.4 Å². The Labute approximate surface area is 353 Å². The molecule has 288 valence electrons. The molecule has 58 heavy (non-hydrogen) atoms. The summed E-state index contributed by atoms with van der Waals surface area (Å²) in [6.07, 6.45) is 4.38. The van der Waals surface area contributed by atoms with E-state index in [1.165, 1.54) is 36.7 Å². The van der Waals surface area contributed by atoms with Crippen molar-refractivity contribution < 1.29 is 101 Å². The second-order valence-corrected chi connectivity index (χ2v) is 16.7. The first-order valence-electron chi connectivity index (χ1n) is 15.0. The van der Waals surface area contributed by atoms with Crippen molar-refractivity contribution in [1.29, 1.82) is 0 Å². The van der Waals surface area contributed by atoms with E-state index in [4.69, 9.17) is 0 Å². The van der Waals surface area contributed by atoms with Crippen LogP contribution in [0.3, 0.4) is 0 Å². The largest absolute Gasteiger partial charge is 2.00 e. The second-order valence-electron chi connectivity index (χ2n) is 11.3. The first-order valence-corrected chi connectivity index (χ1v) is 20.6. The molecule has 2 N–H and O–H groups in total. The fourth-order valence-electron chi connectivity index (χ4n) is 5.22. The SMILES string of the molecule is O=S(=O)([O-])c1cc(N=Nc2cc(S(=O)(=O)[O-])c3cccnc3c2O)ccc1/C=C/c1ccc(N=Nc2cc(S(=O)(=O)[O-])c3cccnc3c2O)cc1S(=O)(=O)[O-].[Zn+2].[Zn+2]. The van der Waals surface area contributed by atoms with Crippen molar-refractivity contribution in [3.8, 4) is 11.5 Å². The zero-order valence-electron chi connectivity index (χ0n) is 28.8. The molecule has 0 spiro atoms. The molecule has 0 radical (unpaired) electrons. The standard InChI is InChI=1S/C32H22N6O14S4.2Zn/c39-31-23(15-27(55(47,48)49)21-3-1-11-33-29(21)31)37-35-19-9-7-17(25(13-19)53(41,42)43)5-6-18-8-10-20(14-26(18)54(44,45)46)36-38-24-16-28(56(50,51)52)22-4-2-12-34-30(22)32(24)40;;/h1-16,39-40H,(H,41,42,43)(H,44,45,46)(H,47,48,49)(H,50,51,52);;/q;2*+2/p-4/b6-5+,37-35?,38-36?;;. The van der Waals surface area contributed by atoms with E-state index in [1.54, 1.807) is 0 Å². The van der Waals surface area contributed by atoms with Crippen LogP contribution in [0.2, 0.25) is 0 Å². The Bertz CT molecular complexity index is 2970. The fraction of sp³-hybridized carbons (Fsp3) is 0. The average Bonchev–Trinajstić information content (AvgIpc) is 3.12. The number of rotatable bonds is 10. The van der Waals surface area contributed by atoms with Crippen molar-refractivity contribution in [2.24, 2.45) is 20.5 Å². The topological polar surface area (TPSA) is 344 Å². The summed E-state index contributed by atoms with van der Waals surface area (Å²) in [4.78, 5) is 4.35. The summed E-state index contributed by atoms with van der Waals surface area (Å²) in [6, 6.07) is 12.4. The Morgan fingerprint density at radius 2 is 0.828 bits per heavy atom. The Morgan fingerprint density at radius 3 is 1.16 bits per heavy atom. The molecule has 2 heterocycles. The van der Waals surface area contributed by atoms with Crippen molar-refractivity contribution in [1.82, 2.24) is 9.97 Å². The first kappa shape index (κ1) is 45.8. The smallest absolute Gasteiger partial charge is 0.744 e. The number of benzene rings is 4. The molecular formula is C32H18N6O14S4Zn2. The van der Waals surface area contributed by atoms with Gasteiger partial charge in [0.15, 0.2) is 11.5 Å². The van der Waals surface area contributed by atoms with Crippen LogP contribution in [0.15, 0.2) is 125 Å². The van der Waals surface area contributed by atoms with Gasteiger partial charge in [-0.15, -0.1) is 10.2 Å². The Hall–Kier alpha value is -4.87. The minimum absolute atomic E-state index is 0. The van der Waals surface area contributed by atoms with E-state index >= 15 is 0 Å². The predicted molar refractivity (Wildman–Crippen MR) is 189 cm³/mol. The van der Waals surface area contributed by atoms with Crippen LogP contribution in [0.25, 0.3) is 34.0 Å². The number of phenolic OH excluding ortho intramolecular Hbond substituents is 2. The van der Waals surface area contributed by atoms with Gasteiger partial charge in [-0.05, 0) is 71.8 Å². The normalized spacial score (nSPS) is 12.7. The number of aromatic hydroxyl groups is 2. The van der Waals surface area contributed by atoms with E-state index in [-0.39, 0.29) is 83.3 Å². The molecule has 0 atom stereocenters. The van der Waals surface area contributed by atoms with Gasteiger partial charge in [-0.25, -0.2) is 33.7 Å². The summed E-state index contributed by atoms with van der Waals surface area (Å²) < 4.78 is 145. The van der Waals surface area contributed by atoms with Crippen molar-refractivity contribution in [3.05, 3.63) is 96.3 Å². The van der Waals surface area contributed by atoms with Crippen LogP contribution in [0.1, 0.15) is 11.1 Å². The maximum atomic E-state index is 12.2. The molecular weight excluding hydrogens is 951 g/mol. The summed E-state index contributed by atoms with van der Waals surface area (Å²) in [5, 5.41) is 35.7. The minimum Gasteiger partial charge on any atom is -0.744 e. The number of pyridine rings is 2. The molecule has 0 fully saturated rings. The summed E-state index contributed by atoms with van der Waals surface area (Å²) >= 11 is 0. The predicted octanol–water partition coefficient (Wildman–Crippen LogP) is 4.81. The molecule has 0 aliphatic carbocycles. The number of azo groups is 2. The van der Waals surface area contributed by atoms with E-state index < -0.39 is 82.9 Å². The maximum Gasteiger partial charge on any atom is 2.00 e. The maximum absolute atomic E-state index is 12.2. The Balaban J connectivity index is 0.00000372. The zero-order valence-corrected chi connectivity index (χ0v) is 38.0. The van der Waals surface area contributed by atoms with Gasteiger partial charge in [0.2, 0.25) is 0 Å². The number of hydrogen-bond acceptors (Lipinski definition) is 20. The average molecular weight is 970 g/mol. The Kier molecular flexibility index (Phi) is 13.6. The fourth-order valence-corrected chi connectivity index (χ4v) is 7.98. The van der Waals surface area contributed by atoms with Crippen LogP contribution in [-0.4, -0.2) is 72.1 Å². The minimum atomic E-state index is -5.29. The molecule has 20 nitrogen and oxygen atoms in total. The third-order valence-electron chi connectivity index (χ3n) is 7.68. The van der Waals surface area contributed by atoms with E-state index in [1.807, 2.05) is 0 Å². The van der Waals surface area contributed by atoms with Crippen LogP contribution in [0.5, 0.6) is 11.5 Å². The van der Waals surface area contributed by atoms with E-state index in [9.17, 15) is 62.1 Å². The van der Waals surface area contributed by atoms with Gasteiger partial charge in [-0.2, -0.15) is 10.2 Å². The zero-order chi connectivity index (χ0) is 40.8. The third kappa shape index (κ3) is 9.86. The molecule has 2 aromatic heterocycles. The Morgan fingerprint density at radius 1 is 0.483 bits per heavy atom. The summed E-state index contributed by atoms with van der Waals surface area (Å²) in [7, 11) is -20.8.